The van der Waals surface area contributed by atoms with Crippen molar-refractivity contribution < 1.29 is 19.1 Å². The lowest BCUT2D eigenvalue weighted by Crippen LogP contribution is -2.36. The van der Waals surface area contributed by atoms with E-state index in [-0.39, 0.29) is 12.0 Å². The van der Waals surface area contributed by atoms with Gasteiger partial charge in [-0.25, -0.2) is 9.48 Å². The van der Waals surface area contributed by atoms with Gasteiger partial charge in [0.05, 0.1) is 25.4 Å². The SMILES string of the molecule is COc1ccccc1-n1cc(C(=O)N2CCC[C@]3(CC2)CNC(=O)O3)cn1. The van der Waals surface area contributed by atoms with Crippen molar-refractivity contribution in [2.75, 3.05) is 26.7 Å². The summed E-state index contributed by atoms with van der Waals surface area (Å²) in [6.07, 6.45) is 5.12. The van der Waals surface area contributed by atoms with Gasteiger partial charge >= 0.3 is 6.09 Å². The normalized spacial score (nSPS) is 22.3. The first-order valence-electron chi connectivity index (χ1n) is 9.04. The van der Waals surface area contributed by atoms with Gasteiger partial charge in [-0.15, -0.1) is 0 Å². The topological polar surface area (TPSA) is 85.7 Å². The van der Waals surface area contributed by atoms with Crippen molar-refractivity contribution in [1.29, 1.82) is 0 Å². The van der Waals surface area contributed by atoms with E-state index in [0.29, 0.717) is 37.4 Å². The Bertz CT molecular complexity index is 865. The molecule has 2 saturated heterocycles. The summed E-state index contributed by atoms with van der Waals surface area (Å²) in [5.74, 6) is 0.623. The van der Waals surface area contributed by atoms with Crippen LogP contribution in [0.4, 0.5) is 4.79 Å². The summed E-state index contributed by atoms with van der Waals surface area (Å²) in [4.78, 5) is 26.2. The van der Waals surface area contributed by atoms with E-state index in [1.165, 1.54) is 0 Å². The van der Waals surface area contributed by atoms with Crippen molar-refractivity contribution in [2.24, 2.45) is 0 Å². The Kier molecular flexibility index (Phi) is 4.47. The summed E-state index contributed by atoms with van der Waals surface area (Å²) in [7, 11) is 1.60. The molecule has 2 amide bonds. The fraction of sp³-hybridized carbons (Fsp3) is 0.421. The third-order valence-corrected chi connectivity index (χ3v) is 5.21. The lowest BCUT2D eigenvalue weighted by Gasteiger charge is -2.24. The molecule has 1 atom stereocenters. The number of para-hydroxylation sites is 2. The van der Waals surface area contributed by atoms with Crippen molar-refractivity contribution in [1.82, 2.24) is 20.0 Å². The van der Waals surface area contributed by atoms with Crippen molar-refractivity contribution in [3.63, 3.8) is 0 Å². The summed E-state index contributed by atoms with van der Waals surface area (Å²) in [6, 6.07) is 7.52. The number of amides is 2. The maximum absolute atomic E-state index is 12.9. The number of likely N-dealkylation sites (tertiary alicyclic amines) is 1. The monoisotopic (exact) mass is 370 g/mol. The number of rotatable bonds is 3. The number of hydrogen-bond acceptors (Lipinski definition) is 5. The van der Waals surface area contributed by atoms with Crippen LogP contribution in [-0.2, 0) is 4.74 Å². The number of benzene rings is 1. The van der Waals surface area contributed by atoms with Crippen LogP contribution in [0.1, 0.15) is 29.6 Å². The van der Waals surface area contributed by atoms with Crippen LogP contribution in [0, 0.1) is 0 Å². The molecule has 1 aromatic heterocycles. The predicted octanol–water partition coefficient (Wildman–Crippen LogP) is 1.99. The first-order chi connectivity index (χ1) is 13.1. The maximum Gasteiger partial charge on any atom is 0.407 e. The van der Waals surface area contributed by atoms with Gasteiger partial charge in [-0.3, -0.25) is 4.79 Å². The lowest BCUT2D eigenvalue weighted by molar-refractivity contribution is 0.0438. The van der Waals surface area contributed by atoms with Crippen LogP contribution in [0.3, 0.4) is 0 Å². The third kappa shape index (κ3) is 3.34. The standard InChI is InChI=1S/C19H22N4O4/c1-26-16-6-3-2-5-15(16)23-12-14(11-21-23)17(24)22-9-4-7-19(8-10-22)13-20-18(25)27-19/h2-3,5-6,11-12H,4,7-10,13H2,1H3,(H,20,25)/t19-/m0/s1. The number of ether oxygens (including phenoxy) is 2. The molecule has 1 aromatic carbocycles. The molecule has 0 unspecified atom stereocenters. The van der Waals surface area contributed by atoms with Crippen LogP contribution in [-0.4, -0.2) is 59.0 Å². The number of nitrogens with one attached hydrogen (secondary N) is 1. The second-order valence-electron chi connectivity index (χ2n) is 6.92. The van der Waals surface area contributed by atoms with Gasteiger partial charge in [-0.1, -0.05) is 12.1 Å². The second kappa shape index (κ2) is 6.94. The van der Waals surface area contributed by atoms with Gasteiger partial charge in [0.25, 0.3) is 5.91 Å². The van der Waals surface area contributed by atoms with E-state index in [1.54, 1.807) is 24.2 Å². The van der Waals surface area contributed by atoms with E-state index in [4.69, 9.17) is 9.47 Å². The number of carbonyl (C=O) groups excluding carboxylic acids is 2. The zero-order valence-corrected chi connectivity index (χ0v) is 15.2. The van der Waals surface area contributed by atoms with E-state index in [0.717, 1.165) is 18.5 Å². The molecular formula is C19H22N4O4. The molecule has 4 rings (SSSR count). The first kappa shape index (κ1) is 17.4. The summed E-state index contributed by atoms with van der Waals surface area (Å²) < 4.78 is 12.5. The van der Waals surface area contributed by atoms with Crippen molar-refractivity contribution in [3.05, 3.63) is 42.2 Å². The molecule has 1 spiro atoms. The Morgan fingerprint density at radius 2 is 2.15 bits per heavy atom. The molecule has 8 nitrogen and oxygen atoms in total. The minimum Gasteiger partial charge on any atom is -0.494 e. The average molecular weight is 370 g/mol. The molecule has 0 radical (unpaired) electrons. The van der Waals surface area contributed by atoms with Crippen LogP contribution < -0.4 is 10.1 Å². The van der Waals surface area contributed by atoms with E-state index >= 15 is 0 Å². The van der Waals surface area contributed by atoms with E-state index in [2.05, 4.69) is 10.4 Å². The molecule has 1 N–H and O–H groups in total. The number of nitrogens with zero attached hydrogens (tertiary/aromatic N) is 3. The molecular weight excluding hydrogens is 348 g/mol. The zero-order valence-electron chi connectivity index (χ0n) is 15.2. The Balaban J connectivity index is 1.49. The number of hydrogen-bond donors (Lipinski definition) is 1. The highest BCUT2D eigenvalue weighted by atomic mass is 16.6. The molecule has 0 aliphatic carbocycles. The van der Waals surface area contributed by atoms with Crippen molar-refractivity contribution >= 4 is 12.0 Å². The highest BCUT2D eigenvalue weighted by Crippen LogP contribution is 2.30. The number of carbonyl (C=O) groups is 2. The number of aromatic nitrogens is 2. The molecule has 0 saturated carbocycles. The summed E-state index contributed by atoms with van der Waals surface area (Å²) in [5, 5.41) is 7.05. The molecule has 2 aliphatic rings. The first-order valence-corrected chi connectivity index (χ1v) is 9.04. The Labute approximate surface area is 157 Å². The minimum absolute atomic E-state index is 0.0644. The number of methoxy groups -OCH3 is 1. The van der Waals surface area contributed by atoms with Gasteiger partial charge in [-0.05, 0) is 25.0 Å². The Morgan fingerprint density at radius 3 is 2.93 bits per heavy atom. The Hall–Kier alpha value is -3.03. The molecule has 2 aromatic rings. The molecule has 142 valence electrons. The smallest absolute Gasteiger partial charge is 0.407 e. The van der Waals surface area contributed by atoms with Crippen LogP contribution in [0.2, 0.25) is 0 Å². The lowest BCUT2D eigenvalue weighted by atomic mass is 9.95. The quantitative estimate of drug-likeness (QED) is 0.893. The van der Waals surface area contributed by atoms with Gasteiger partial charge in [0.15, 0.2) is 0 Å². The molecule has 0 bridgehead atoms. The van der Waals surface area contributed by atoms with Gasteiger partial charge < -0.3 is 19.7 Å². The van der Waals surface area contributed by atoms with Crippen LogP contribution in [0.25, 0.3) is 5.69 Å². The van der Waals surface area contributed by atoms with Gasteiger partial charge in [0.2, 0.25) is 0 Å². The second-order valence-corrected chi connectivity index (χ2v) is 6.92. The van der Waals surface area contributed by atoms with Crippen LogP contribution in [0.5, 0.6) is 5.75 Å². The van der Waals surface area contributed by atoms with Crippen LogP contribution in [0.15, 0.2) is 36.7 Å². The van der Waals surface area contributed by atoms with E-state index in [9.17, 15) is 9.59 Å². The fourth-order valence-corrected chi connectivity index (χ4v) is 3.72. The van der Waals surface area contributed by atoms with Gasteiger partial charge in [0.1, 0.15) is 17.0 Å². The minimum atomic E-state index is -0.478. The largest absolute Gasteiger partial charge is 0.494 e. The summed E-state index contributed by atoms with van der Waals surface area (Å²) in [5.41, 5.74) is 0.824. The van der Waals surface area contributed by atoms with Crippen LogP contribution >= 0.6 is 0 Å². The van der Waals surface area contributed by atoms with Crippen molar-refractivity contribution in [2.45, 2.75) is 24.9 Å². The number of alkyl carbamates (subject to hydrolysis) is 1. The molecule has 3 heterocycles. The molecule has 2 aliphatic heterocycles. The zero-order chi connectivity index (χ0) is 18.9. The Morgan fingerprint density at radius 1 is 1.30 bits per heavy atom. The van der Waals surface area contributed by atoms with E-state index in [1.807, 2.05) is 29.2 Å². The molecule has 8 heteroatoms. The highest BCUT2D eigenvalue weighted by Gasteiger charge is 2.42. The van der Waals surface area contributed by atoms with E-state index < -0.39 is 5.60 Å². The highest BCUT2D eigenvalue weighted by molar-refractivity contribution is 5.93. The predicted molar refractivity (Wildman–Crippen MR) is 97.1 cm³/mol. The summed E-state index contributed by atoms with van der Waals surface area (Å²) >= 11 is 0. The average Bonchev–Trinajstić information content (AvgIpc) is 3.25. The fourth-order valence-electron chi connectivity index (χ4n) is 3.72. The van der Waals surface area contributed by atoms with Gasteiger partial charge in [0, 0.05) is 25.7 Å². The van der Waals surface area contributed by atoms with Crippen molar-refractivity contribution in [3.8, 4) is 11.4 Å². The molecule has 27 heavy (non-hydrogen) atoms. The van der Waals surface area contributed by atoms with Gasteiger partial charge in [-0.2, -0.15) is 5.10 Å². The third-order valence-electron chi connectivity index (χ3n) is 5.21. The molecule has 2 fully saturated rings. The maximum atomic E-state index is 12.9. The summed E-state index contributed by atoms with van der Waals surface area (Å²) in [6.45, 7) is 1.70.